The third-order valence-corrected chi connectivity index (χ3v) is 4.33. The fourth-order valence-corrected chi connectivity index (χ4v) is 3.30. The van der Waals surface area contributed by atoms with Crippen LogP contribution in [0.2, 0.25) is 0 Å². The molecule has 2 amide bonds. The Bertz CT molecular complexity index is 753. The number of rotatable bonds is 4. The zero-order valence-corrected chi connectivity index (χ0v) is 13.3. The van der Waals surface area contributed by atoms with E-state index in [4.69, 9.17) is 5.73 Å². The van der Waals surface area contributed by atoms with E-state index in [9.17, 15) is 9.59 Å². The molecule has 0 fully saturated rings. The van der Waals surface area contributed by atoms with Crippen LogP contribution in [-0.2, 0) is 6.54 Å². The highest BCUT2D eigenvalue weighted by atomic mass is 16.2. The van der Waals surface area contributed by atoms with Crippen LogP contribution < -0.4 is 5.73 Å². The molecule has 0 bridgehead atoms. The van der Waals surface area contributed by atoms with Crippen LogP contribution in [0.5, 0.6) is 0 Å². The molecule has 0 saturated carbocycles. The van der Waals surface area contributed by atoms with Crippen molar-refractivity contribution in [3.63, 3.8) is 0 Å². The van der Waals surface area contributed by atoms with Crippen molar-refractivity contribution in [2.45, 2.75) is 26.4 Å². The molecule has 0 spiro atoms. The normalized spacial score (nSPS) is 14.9. The molecule has 23 heavy (non-hydrogen) atoms. The van der Waals surface area contributed by atoms with Gasteiger partial charge in [-0.25, -0.2) is 0 Å². The van der Waals surface area contributed by atoms with Gasteiger partial charge in [0, 0.05) is 17.7 Å². The van der Waals surface area contributed by atoms with E-state index in [0.29, 0.717) is 17.7 Å². The number of benzene rings is 2. The van der Waals surface area contributed by atoms with E-state index in [-0.39, 0.29) is 17.9 Å². The predicted octanol–water partition coefficient (Wildman–Crippen LogP) is 3.14. The Morgan fingerprint density at radius 2 is 1.83 bits per heavy atom. The van der Waals surface area contributed by atoms with Crippen LogP contribution >= 0.6 is 0 Å². The van der Waals surface area contributed by atoms with Gasteiger partial charge in [-0.1, -0.05) is 44.2 Å². The van der Waals surface area contributed by atoms with Gasteiger partial charge in [0.1, 0.15) is 0 Å². The van der Waals surface area contributed by atoms with Gasteiger partial charge in [-0.15, -0.1) is 0 Å². The van der Waals surface area contributed by atoms with Gasteiger partial charge in [0.2, 0.25) is 5.91 Å². The molecular formula is C19H20N2O2. The highest BCUT2D eigenvalue weighted by molar-refractivity contribution is 6.01. The molecular weight excluding hydrogens is 288 g/mol. The number of hydrogen-bond acceptors (Lipinski definition) is 2. The second-order valence-corrected chi connectivity index (χ2v) is 6.27. The van der Waals surface area contributed by atoms with Crippen molar-refractivity contribution in [3.05, 3.63) is 70.8 Å². The van der Waals surface area contributed by atoms with E-state index in [1.54, 1.807) is 18.2 Å². The van der Waals surface area contributed by atoms with Gasteiger partial charge in [-0.05, 0) is 35.2 Å². The third-order valence-electron chi connectivity index (χ3n) is 4.33. The summed E-state index contributed by atoms with van der Waals surface area (Å²) in [5, 5.41) is 0. The van der Waals surface area contributed by atoms with Crippen LogP contribution in [0.15, 0.2) is 48.5 Å². The maximum atomic E-state index is 12.8. The second-order valence-electron chi connectivity index (χ2n) is 6.27. The lowest BCUT2D eigenvalue weighted by Crippen LogP contribution is -2.32. The first-order chi connectivity index (χ1) is 11.0. The van der Waals surface area contributed by atoms with E-state index >= 15 is 0 Å². The quantitative estimate of drug-likeness (QED) is 0.943. The number of fused-ring (bicyclic) bond motifs is 1. The highest BCUT2D eigenvalue weighted by Crippen LogP contribution is 2.36. The SMILES string of the molecule is CC(C)[C@@H](c1ccccc1)N1Cc2cc(C(N)=O)ccc2C1=O. The number of hydrogen-bond donors (Lipinski definition) is 1. The summed E-state index contributed by atoms with van der Waals surface area (Å²) >= 11 is 0. The standard InChI is InChI=1S/C19H20N2O2/c1-12(2)17(13-6-4-3-5-7-13)21-11-15-10-14(18(20)22)8-9-16(15)19(21)23/h3-10,12,17H,11H2,1-2H3,(H2,20,22)/t17-/m0/s1. The Labute approximate surface area is 135 Å². The lowest BCUT2D eigenvalue weighted by Gasteiger charge is -2.31. The van der Waals surface area contributed by atoms with Gasteiger partial charge in [0.05, 0.1) is 6.04 Å². The molecule has 118 valence electrons. The van der Waals surface area contributed by atoms with Crippen molar-refractivity contribution in [1.82, 2.24) is 4.90 Å². The van der Waals surface area contributed by atoms with Crippen LogP contribution in [0.3, 0.4) is 0 Å². The number of carbonyl (C=O) groups is 2. The van der Waals surface area contributed by atoms with Crippen LogP contribution in [0.25, 0.3) is 0 Å². The molecule has 2 aromatic rings. The number of primary amides is 1. The maximum absolute atomic E-state index is 12.8. The average Bonchev–Trinajstić information content (AvgIpc) is 2.84. The highest BCUT2D eigenvalue weighted by Gasteiger charge is 2.35. The first kappa shape index (κ1) is 15.3. The monoisotopic (exact) mass is 308 g/mol. The fourth-order valence-electron chi connectivity index (χ4n) is 3.30. The molecule has 0 radical (unpaired) electrons. The molecule has 1 atom stereocenters. The smallest absolute Gasteiger partial charge is 0.255 e. The Morgan fingerprint density at radius 1 is 1.13 bits per heavy atom. The third kappa shape index (κ3) is 2.72. The number of nitrogens with zero attached hydrogens (tertiary/aromatic N) is 1. The van der Waals surface area contributed by atoms with Gasteiger partial charge in [0.25, 0.3) is 5.91 Å². The summed E-state index contributed by atoms with van der Waals surface area (Å²) in [6.45, 7) is 4.73. The minimum absolute atomic E-state index is 0.00753. The number of nitrogens with two attached hydrogens (primary N) is 1. The van der Waals surface area contributed by atoms with E-state index in [1.165, 1.54) is 0 Å². The molecule has 2 aromatic carbocycles. The Hall–Kier alpha value is -2.62. The van der Waals surface area contributed by atoms with Crippen LogP contribution in [0, 0.1) is 5.92 Å². The van der Waals surface area contributed by atoms with Crippen molar-refractivity contribution in [3.8, 4) is 0 Å². The summed E-state index contributed by atoms with van der Waals surface area (Å²) in [4.78, 5) is 26.0. The van der Waals surface area contributed by atoms with E-state index in [0.717, 1.165) is 11.1 Å². The van der Waals surface area contributed by atoms with Gasteiger partial charge in [-0.2, -0.15) is 0 Å². The topological polar surface area (TPSA) is 63.4 Å². The molecule has 1 aliphatic rings. The first-order valence-corrected chi connectivity index (χ1v) is 7.77. The summed E-state index contributed by atoms with van der Waals surface area (Å²) in [6, 6.07) is 15.1. The molecule has 1 heterocycles. The van der Waals surface area contributed by atoms with Crippen molar-refractivity contribution < 1.29 is 9.59 Å². The van der Waals surface area contributed by atoms with Gasteiger partial charge in [-0.3, -0.25) is 9.59 Å². The van der Waals surface area contributed by atoms with Crippen molar-refractivity contribution in [1.29, 1.82) is 0 Å². The lowest BCUT2D eigenvalue weighted by atomic mass is 9.94. The van der Waals surface area contributed by atoms with E-state index in [2.05, 4.69) is 26.0 Å². The molecule has 2 N–H and O–H groups in total. The summed E-state index contributed by atoms with van der Waals surface area (Å²) in [5.74, 6) is -0.174. The second kappa shape index (κ2) is 5.88. The van der Waals surface area contributed by atoms with Crippen molar-refractivity contribution in [2.75, 3.05) is 0 Å². The number of amides is 2. The Balaban J connectivity index is 1.98. The van der Waals surface area contributed by atoms with Crippen LogP contribution in [-0.4, -0.2) is 16.7 Å². The lowest BCUT2D eigenvalue weighted by molar-refractivity contribution is 0.0649. The molecule has 0 unspecified atom stereocenters. The molecule has 0 aromatic heterocycles. The molecule has 4 heteroatoms. The largest absolute Gasteiger partial charge is 0.366 e. The Kier molecular flexibility index (Phi) is 3.90. The molecule has 1 aliphatic heterocycles. The van der Waals surface area contributed by atoms with Crippen molar-refractivity contribution >= 4 is 11.8 Å². The zero-order valence-electron chi connectivity index (χ0n) is 13.3. The van der Waals surface area contributed by atoms with E-state index in [1.807, 2.05) is 23.1 Å². The van der Waals surface area contributed by atoms with Crippen LogP contribution in [0.4, 0.5) is 0 Å². The number of carbonyl (C=O) groups excluding carboxylic acids is 2. The van der Waals surface area contributed by atoms with Gasteiger partial charge in [0.15, 0.2) is 0 Å². The molecule has 3 rings (SSSR count). The van der Waals surface area contributed by atoms with Crippen molar-refractivity contribution in [2.24, 2.45) is 11.7 Å². The summed E-state index contributed by atoms with van der Waals surface area (Å²) < 4.78 is 0. The fraction of sp³-hybridized carbons (Fsp3) is 0.263. The summed E-state index contributed by atoms with van der Waals surface area (Å²) in [7, 11) is 0. The molecule has 0 saturated heterocycles. The predicted molar refractivity (Wildman–Crippen MR) is 88.9 cm³/mol. The summed E-state index contributed by atoms with van der Waals surface area (Å²) in [5.41, 5.74) is 8.44. The van der Waals surface area contributed by atoms with Gasteiger partial charge >= 0.3 is 0 Å². The minimum Gasteiger partial charge on any atom is -0.366 e. The maximum Gasteiger partial charge on any atom is 0.255 e. The average molecular weight is 308 g/mol. The van der Waals surface area contributed by atoms with Gasteiger partial charge < -0.3 is 10.6 Å². The Morgan fingerprint density at radius 3 is 2.43 bits per heavy atom. The zero-order chi connectivity index (χ0) is 16.6. The first-order valence-electron chi connectivity index (χ1n) is 7.77. The molecule has 4 nitrogen and oxygen atoms in total. The summed E-state index contributed by atoms with van der Waals surface area (Å²) in [6.07, 6.45) is 0. The minimum atomic E-state index is -0.470. The van der Waals surface area contributed by atoms with Crippen LogP contribution in [0.1, 0.15) is 51.7 Å². The molecule has 0 aliphatic carbocycles. The van der Waals surface area contributed by atoms with E-state index < -0.39 is 5.91 Å².